The number of halogens is 1. The Labute approximate surface area is 167 Å². The number of rotatable bonds is 5. The van der Waals surface area contributed by atoms with E-state index in [0.29, 0.717) is 10.6 Å². The Hall–Kier alpha value is -2.49. The van der Waals surface area contributed by atoms with E-state index in [1.54, 1.807) is 30.3 Å². The molecule has 0 unspecified atom stereocenters. The zero-order chi connectivity index (χ0) is 20.3. The number of benzene rings is 2. The van der Waals surface area contributed by atoms with Crippen LogP contribution in [0.5, 0.6) is 0 Å². The molecule has 1 amide bonds. The lowest BCUT2D eigenvalue weighted by Crippen LogP contribution is -2.50. The van der Waals surface area contributed by atoms with Crippen molar-refractivity contribution < 1.29 is 18.1 Å². The van der Waals surface area contributed by atoms with Crippen molar-refractivity contribution in [1.82, 2.24) is 9.21 Å². The topological polar surface area (TPSA) is 101 Å². The maximum absolute atomic E-state index is 12.7. The van der Waals surface area contributed by atoms with E-state index in [0.717, 1.165) is 0 Å². The zero-order valence-corrected chi connectivity index (χ0v) is 16.4. The SMILES string of the molecule is O=C(Cc1ccccc1[N+](=O)[O-])N1CCN(S(=O)(=O)c2cccc(Cl)c2)CC1. The minimum Gasteiger partial charge on any atom is -0.340 e. The number of amides is 1. The third-order valence-corrected chi connectivity index (χ3v) is 6.68. The third-order valence-electron chi connectivity index (χ3n) is 4.56. The van der Waals surface area contributed by atoms with Gasteiger partial charge in [-0.1, -0.05) is 35.9 Å². The van der Waals surface area contributed by atoms with Gasteiger partial charge in [0, 0.05) is 42.8 Å². The van der Waals surface area contributed by atoms with Crippen LogP contribution in [0.2, 0.25) is 5.02 Å². The average molecular weight is 424 g/mol. The molecule has 0 N–H and O–H groups in total. The fourth-order valence-electron chi connectivity index (χ4n) is 3.07. The smallest absolute Gasteiger partial charge is 0.273 e. The van der Waals surface area contributed by atoms with Crippen LogP contribution in [-0.4, -0.2) is 54.6 Å². The molecule has 10 heteroatoms. The Morgan fingerprint density at radius 2 is 1.75 bits per heavy atom. The second-order valence-electron chi connectivity index (χ2n) is 6.30. The summed E-state index contributed by atoms with van der Waals surface area (Å²) in [4.78, 5) is 24.7. The van der Waals surface area contributed by atoms with Crippen LogP contribution < -0.4 is 0 Å². The first-order valence-corrected chi connectivity index (χ1v) is 10.4. The Bertz CT molecular complexity index is 1000. The molecule has 0 bridgehead atoms. The summed E-state index contributed by atoms with van der Waals surface area (Å²) in [6.07, 6.45) is -0.0990. The lowest BCUT2D eigenvalue weighted by molar-refractivity contribution is -0.385. The summed E-state index contributed by atoms with van der Waals surface area (Å²) in [5.41, 5.74) is 0.240. The second-order valence-corrected chi connectivity index (χ2v) is 8.68. The summed E-state index contributed by atoms with van der Waals surface area (Å²) in [5, 5.41) is 11.4. The van der Waals surface area contributed by atoms with Crippen molar-refractivity contribution in [3.63, 3.8) is 0 Å². The maximum atomic E-state index is 12.7. The highest BCUT2D eigenvalue weighted by molar-refractivity contribution is 7.89. The van der Waals surface area contributed by atoms with Crippen LogP contribution in [0.1, 0.15) is 5.56 Å². The van der Waals surface area contributed by atoms with Crippen molar-refractivity contribution in [2.45, 2.75) is 11.3 Å². The van der Waals surface area contributed by atoms with Gasteiger partial charge in [0.15, 0.2) is 0 Å². The number of piperazine rings is 1. The molecule has 3 rings (SSSR count). The fraction of sp³-hybridized carbons (Fsp3) is 0.278. The summed E-state index contributed by atoms with van der Waals surface area (Å²) >= 11 is 5.88. The molecule has 0 aliphatic carbocycles. The second kappa shape index (κ2) is 8.26. The van der Waals surface area contributed by atoms with Gasteiger partial charge in [-0.05, 0) is 18.2 Å². The number of sulfonamides is 1. The van der Waals surface area contributed by atoms with Crippen molar-refractivity contribution in [1.29, 1.82) is 0 Å². The van der Waals surface area contributed by atoms with Crippen molar-refractivity contribution in [3.05, 3.63) is 69.2 Å². The van der Waals surface area contributed by atoms with E-state index in [9.17, 15) is 23.3 Å². The highest BCUT2D eigenvalue weighted by Gasteiger charge is 2.30. The van der Waals surface area contributed by atoms with E-state index >= 15 is 0 Å². The quantitative estimate of drug-likeness (QED) is 0.542. The Morgan fingerprint density at radius 1 is 1.07 bits per heavy atom. The van der Waals surface area contributed by atoms with Crippen molar-refractivity contribution in [2.24, 2.45) is 0 Å². The van der Waals surface area contributed by atoms with Gasteiger partial charge >= 0.3 is 0 Å². The van der Waals surface area contributed by atoms with E-state index < -0.39 is 14.9 Å². The largest absolute Gasteiger partial charge is 0.340 e. The molecule has 1 fully saturated rings. The van der Waals surface area contributed by atoms with Crippen molar-refractivity contribution in [3.8, 4) is 0 Å². The van der Waals surface area contributed by atoms with Gasteiger partial charge in [0.05, 0.1) is 16.2 Å². The van der Waals surface area contributed by atoms with E-state index in [4.69, 9.17) is 11.6 Å². The van der Waals surface area contributed by atoms with Crippen LogP contribution in [0.3, 0.4) is 0 Å². The number of carbonyl (C=O) groups is 1. The molecule has 0 aromatic heterocycles. The number of nitrogens with zero attached hydrogens (tertiary/aromatic N) is 3. The van der Waals surface area contributed by atoms with Gasteiger partial charge in [0.2, 0.25) is 15.9 Å². The van der Waals surface area contributed by atoms with E-state index in [2.05, 4.69) is 0 Å². The molecule has 1 aliphatic heterocycles. The highest BCUT2D eigenvalue weighted by Crippen LogP contribution is 2.22. The van der Waals surface area contributed by atoms with Gasteiger partial charge in [-0.2, -0.15) is 4.31 Å². The van der Waals surface area contributed by atoms with Crippen molar-refractivity contribution >= 4 is 33.2 Å². The van der Waals surface area contributed by atoms with Gasteiger partial charge < -0.3 is 4.90 Å². The first-order valence-electron chi connectivity index (χ1n) is 8.55. The number of hydrogen-bond donors (Lipinski definition) is 0. The number of para-hydroxylation sites is 1. The molecule has 0 saturated carbocycles. The average Bonchev–Trinajstić information content (AvgIpc) is 2.68. The first-order chi connectivity index (χ1) is 13.3. The fourth-order valence-corrected chi connectivity index (χ4v) is 4.79. The number of carbonyl (C=O) groups excluding carboxylic acids is 1. The van der Waals surface area contributed by atoms with Gasteiger partial charge in [-0.25, -0.2) is 8.42 Å². The molecule has 8 nitrogen and oxygen atoms in total. The lowest BCUT2D eigenvalue weighted by Gasteiger charge is -2.34. The maximum Gasteiger partial charge on any atom is 0.273 e. The zero-order valence-electron chi connectivity index (χ0n) is 14.8. The molecule has 148 valence electrons. The van der Waals surface area contributed by atoms with Crippen LogP contribution in [-0.2, 0) is 21.2 Å². The predicted octanol–water partition coefficient (Wildman–Crippen LogP) is 2.32. The molecule has 2 aromatic rings. The molecule has 28 heavy (non-hydrogen) atoms. The minimum absolute atomic E-state index is 0.0990. The molecule has 1 heterocycles. The molecule has 0 atom stereocenters. The number of nitro benzene ring substituents is 1. The Morgan fingerprint density at radius 3 is 2.39 bits per heavy atom. The molecule has 0 radical (unpaired) electrons. The molecule has 1 saturated heterocycles. The molecular formula is C18H18ClN3O5S. The minimum atomic E-state index is -3.69. The van der Waals surface area contributed by atoms with Crippen LogP contribution in [0, 0.1) is 10.1 Å². The van der Waals surface area contributed by atoms with Gasteiger partial charge in [0.25, 0.3) is 5.69 Å². The van der Waals surface area contributed by atoms with Gasteiger partial charge in [-0.3, -0.25) is 14.9 Å². The summed E-state index contributed by atoms with van der Waals surface area (Å²) in [5.74, 6) is -0.269. The van der Waals surface area contributed by atoms with E-state index in [1.807, 2.05) is 0 Å². The standard InChI is InChI=1S/C18H18ClN3O5S/c19-15-5-3-6-16(13-15)28(26,27)21-10-8-20(9-11-21)18(23)12-14-4-1-2-7-17(14)22(24)25/h1-7,13H,8-12H2. The van der Waals surface area contributed by atoms with Gasteiger partial charge in [0.1, 0.15) is 0 Å². The summed E-state index contributed by atoms with van der Waals surface area (Å²) < 4.78 is 26.7. The van der Waals surface area contributed by atoms with Gasteiger partial charge in [-0.15, -0.1) is 0 Å². The Balaban J connectivity index is 1.65. The van der Waals surface area contributed by atoms with Crippen LogP contribution in [0.25, 0.3) is 0 Å². The Kier molecular flexibility index (Phi) is 5.97. The predicted molar refractivity (Wildman–Crippen MR) is 104 cm³/mol. The first kappa shape index (κ1) is 20.2. The summed E-state index contributed by atoms with van der Waals surface area (Å²) in [6, 6.07) is 12.1. The normalized spacial score (nSPS) is 15.4. The summed E-state index contributed by atoms with van der Waals surface area (Å²) in [6.45, 7) is 0.744. The lowest BCUT2D eigenvalue weighted by atomic mass is 10.1. The molecule has 0 spiro atoms. The van der Waals surface area contributed by atoms with Crippen LogP contribution >= 0.6 is 11.6 Å². The highest BCUT2D eigenvalue weighted by atomic mass is 35.5. The third kappa shape index (κ3) is 4.32. The molecule has 1 aliphatic rings. The molecular weight excluding hydrogens is 406 g/mol. The molecule has 2 aromatic carbocycles. The van der Waals surface area contributed by atoms with E-state index in [1.165, 1.54) is 27.4 Å². The number of nitro groups is 1. The monoisotopic (exact) mass is 423 g/mol. The van der Waals surface area contributed by atoms with Crippen molar-refractivity contribution in [2.75, 3.05) is 26.2 Å². The number of hydrogen-bond acceptors (Lipinski definition) is 5. The van der Waals surface area contributed by atoms with Crippen LogP contribution in [0.4, 0.5) is 5.69 Å². The summed E-state index contributed by atoms with van der Waals surface area (Å²) in [7, 11) is -3.69. The van der Waals surface area contributed by atoms with E-state index in [-0.39, 0.29) is 49.1 Å². The van der Waals surface area contributed by atoms with Crippen LogP contribution in [0.15, 0.2) is 53.4 Å².